The number of nitrogens with two attached hydrogens (primary N) is 1. The van der Waals surface area contributed by atoms with Gasteiger partial charge in [0.05, 0.1) is 16.5 Å². The molecule has 0 saturated carbocycles. The number of nitrogens with zero attached hydrogens (tertiary/aromatic N) is 3. The molecule has 1 aliphatic heterocycles. The van der Waals surface area contributed by atoms with Gasteiger partial charge in [-0.3, -0.25) is 4.79 Å². The third kappa shape index (κ3) is 4.38. The quantitative estimate of drug-likeness (QED) is 0.552. The van der Waals surface area contributed by atoms with Crippen molar-refractivity contribution in [3.05, 3.63) is 52.4 Å². The Morgan fingerprint density at radius 3 is 2.67 bits per heavy atom. The zero-order valence-corrected chi connectivity index (χ0v) is 18.2. The Morgan fingerprint density at radius 1 is 1.27 bits per heavy atom. The zero-order chi connectivity index (χ0) is 21.3. The highest BCUT2D eigenvalue weighted by atomic mass is 35.5. The van der Waals surface area contributed by atoms with Crippen LogP contribution in [0.15, 0.2) is 36.8 Å². The number of piperidine rings is 1. The lowest BCUT2D eigenvalue weighted by Gasteiger charge is -2.39. The van der Waals surface area contributed by atoms with Gasteiger partial charge in [0.25, 0.3) is 0 Å². The lowest BCUT2D eigenvalue weighted by molar-refractivity contribution is -0.123. The van der Waals surface area contributed by atoms with E-state index < -0.39 is 5.54 Å². The zero-order valence-electron chi connectivity index (χ0n) is 16.7. The molecule has 2 aromatic heterocycles. The summed E-state index contributed by atoms with van der Waals surface area (Å²) in [5.74, 6) is 0.751. The molecule has 3 heterocycles. The molecule has 9 heteroatoms. The normalized spacial score (nSPS) is 17.1. The molecule has 1 aromatic carbocycles. The lowest BCUT2D eigenvalue weighted by atomic mass is 9.85. The number of carbonyl (C=O) groups is 1. The van der Waals surface area contributed by atoms with Crippen LogP contribution in [0.4, 0.5) is 5.82 Å². The number of halogens is 2. The number of hydrogen-bond acceptors (Lipinski definition) is 5. The number of H-pyrrole nitrogens is 1. The Bertz CT molecular complexity index is 1040. The second-order valence-corrected chi connectivity index (χ2v) is 8.77. The van der Waals surface area contributed by atoms with Gasteiger partial charge in [0, 0.05) is 36.3 Å². The molecule has 3 aromatic rings. The first-order valence-corrected chi connectivity index (χ1v) is 10.7. The van der Waals surface area contributed by atoms with Crippen molar-refractivity contribution < 1.29 is 4.79 Å². The van der Waals surface area contributed by atoms with E-state index >= 15 is 0 Å². The van der Waals surface area contributed by atoms with Crippen molar-refractivity contribution in [3.63, 3.8) is 0 Å². The highest BCUT2D eigenvalue weighted by molar-refractivity contribution is 6.36. The molecule has 0 unspecified atom stereocenters. The smallest absolute Gasteiger partial charge is 0.222 e. The average Bonchev–Trinajstić information content (AvgIpc) is 3.10. The van der Waals surface area contributed by atoms with E-state index in [1.54, 1.807) is 6.20 Å². The summed E-state index contributed by atoms with van der Waals surface area (Å²) >= 11 is 12.2. The fraction of sp³-hybridized carbons (Fsp3) is 0.381. The van der Waals surface area contributed by atoms with Crippen LogP contribution in [0.5, 0.6) is 0 Å². The number of carbonyl (C=O) groups excluding carboxylic acids is 1. The molecule has 1 saturated heterocycles. The summed E-state index contributed by atoms with van der Waals surface area (Å²) in [5, 5.41) is 5.13. The largest absolute Gasteiger partial charge is 0.356 e. The van der Waals surface area contributed by atoms with Crippen molar-refractivity contribution in [2.75, 3.05) is 18.0 Å². The summed E-state index contributed by atoms with van der Waals surface area (Å²) in [7, 11) is 0. The van der Waals surface area contributed by atoms with Gasteiger partial charge in [-0.25, -0.2) is 9.97 Å². The second-order valence-electron chi connectivity index (χ2n) is 7.92. The van der Waals surface area contributed by atoms with Crippen LogP contribution in [-0.4, -0.2) is 39.5 Å². The SMILES string of the molecule is C[C@H](NC(=O)CC1(N)CCN(c2ncnc3[nH]cc(Cl)c23)CC1)c1ccc(Cl)cc1. The molecule has 1 aliphatic rings. The van der Waals surface area contributed by atoms with Crippen LogP contribution in [0.2, 0.25) is 10.0 Å². The monoisotopic (exact) mass is 446 g/mol. The lowest BCUT2D eigenvalue weighted by Crippen LogP contribution is -2.53. The van der Waals surface area contributed by atoms with E-state index in [0.717, 1.165) is 16.8 Å². The van der Waals surface area contributed by atoms with Crippen molar-refractivity contribution in [2.45, 2.75) is 37.8 Å². The number of amides is 1. The van der Waals surface area contributed by atoms with Gasteiger partial charge in [-0.1, -0.05) is 35.3 Å². The molecular formula is C21H24Cl2N6O. The molecule has 1 atom stereocenters. The maximum Gasteiger partial charge on any atom is 0.222 e. The highest BCUT2D eigenvalue weighted by Crippen LogP contribution is 2.33. The molecule has 4 N–H and O–H groups in total. The minimum atomic E-state index is -0.547. The van der Waals surface area contributed by atoms with Gasteiger partial charge in [0.2, 0.25) is 5.91 Å². The molecule has 0 radical (unpaired) electrons. The standard InChI is InChI=1S/C21H24Cl2N6O/c1-13(14-2-4-15(22)5-3-14)28-17(30)10-21(24)6-8-29(9-7-21)20-18-16(23)11-25-19(18)26-12-27-20/h2-5,11-13H,6-10,24H2,1H3,(H,28,30)(H,25,26,27)/t13-/m0/s1. The summed E-state index contributed by atoms with van der Waals surface area (Å²) in [5.41, 5.74) is 7.76. The molecule has 30 heavy (non-hydrogen) atoms. The third-order valence-electron chi connectivity index (χ3n) is 5.72. The first-order valence-electron chi connectivity index (χ1n) is 9.91. The predicted molar refractivity (Wildman–Crippen MR) is 120 cm³/mol. The molecular weight excluding hydrogens is 423 g/mol. The van der Waals surface area contributed by atoms with Crippen LogP contribution in [0.25, 0.3) is 11.0 Å². The van der Waals surface area contributed by atoms with Gasteiger partial charge >= 0.3 is 0 Å². The van der Waals surface area contributed by atoms with Crippen LogP contribution in [0.1, 0.15) is 37.8 Å². The summed E-state index contributed by atoms with van der Waals surface area (Å²) in [6.07, 6.45) is 4.89. The van der Waals surface area contributed by atoms with Crippen molar-refractivity contribution in [2.24, 2.45) is 5.73 Å². The van der Waals surface area contributed by atoms with Crippen LogP contribution >= 0.6 is 23.2 Å². The number of hydrogen-bond donors (Lipinski definition) is 3. The molecule has 7 nitrogen and oxygen atoms in total. The predicted octanol–water partition coefficient (Wildman–Crippen LogP) is 3.83. The molecule has 0 bridgehead atoms. The number of fused-ring (bicyclic) bond motifs is 1. The fourth-order valence-electron chi connectivity index (χ4n) is 3.94. The first kappa shape index (κ1) is 20.9. The number of anilines is 1. The fourth-order valence-corrected chi connectivity index (χ4v) is 4.29. The van der Waals surface area contributed by atoms with E-state index in [4.69, 9.17) is 28.9 Å². The minimum Gasteiger partial charge on any atom is -0.356 e. The molecule has 4 rings (SSSR count). The van der Waals surface area contributed by atoms with E-state index in [2.05, 4.69) is 25.2 Å². The summed E-state index contributed by atoms with van der Waals surface area (Å²) in [4.78, 5) is 26.5. The van der Waals surface area contributed by atoms with Gasteiger partial charge < -0.3 is 20.9 Å². The second kappa shape index (κ2) is 8.41. The van der Waals surface area contributed by atoms with Crippen LogP contribution in [0, 0.1) is 0 Å². The van der Waals surface area contributed by atoms with Crippen molar-refractivity contribution in [1.29, 1.82) is 0 Å². The molecule has 0 spiro atoms. The van der Waals surface area contributed by atoms with E-state index in [1.807, 2.05) is 31.2 Å². The van der Waals surface area contributed by atoms with Crippen molar-refractivity contribution in [1.82, 2.24) is 20.3 Å². The average molecular weight is 447 g/mol. The van der Waals surface area contributed by atoms with E-state index in [1.165, 1.54) is 6.33 Å². The summed E-state index contributed by atoms with van der Waals surface area (Å²) in [6, 6.07) is 7.36. The molecule has 158 valence electrons. The Balaban J connectivity index is 1.37. The van der Waals surface area contributed by atoms with Crippen LogP contribution in [-0.2, 0) is 4.79 Å². The van der Waals surface area contributed by atoms with Crippen LogP contribution in [0.3, 0.4) is 0 Å². The number of aromatic nitrogens is 3. The van der Waals surface area contributed by atoms with E-state index in [-0.39, 0.29) is 18.4 Å². The molecule has 1 fully saturated rings. The number of nitrogens with one attached hydrogen (secondary N) is 2. The number of benzene rings is 1. The Kier molecular flexibility index (Phi) is 5.86. The topological polar surface area (TPSA) is 99.9 Å². The van der Waals surface area contributed by atoms with Crippen LogP contribution < -0.4 is 16.0 Å². The Morgan fingerprint density at radius 2 is 1.97 bits per heavy atom. The van der Waals surface area contributed by atoms with Gasteiger partial charge in [-0.05, 0) is 37.5 Å². The minimum absolute atomic E-state index is 0.0495. The summed E-state index contributed by atoms with van der Waals surface area (Å²) in [6.45, 7) is 3.35. The van der Waals surface area contributed by atoms with E-state index in [9.17, 15) is 4.79 Å². The first-order chi connectivity index (χ1) is 14.3. The Labute approximate surface area is 185 Å². The maximum absolute atomic E-state index is 12.6. The molecule has 0 aliphatic carbocycles. The number of rotatable bonds is 5. The van der Waals surface area contributed by atoms with E-state index in [0.29, 0.717) is 41.6 Å². The molecule has 1 amide bonds. The summed E-state index contributed by atoms with van der Waals surface area (Å²) < 4.78 is 0. The van der Waals surface area contributed by atoms with Gasteiger partial charge in [-0.15, -0.1) is 0 Å². The Hall–Kier alpha value is -2.35. The number of aromatic amines is 1. The van der Waals surface area contributed by atoms with Gasteiger partial charge in [-0.2, -0.15) is 0 Å². The van der Waals surface area contributed by atoms with Crippen molar-refractivity contribution in [3.8, 4) is 0 Å². The maximum atomic E-state index is 12.6. The van der Waals surface area contributed by atoms with Gasteiger partial charge in [0.15, 0.2) is 0 Å². The highest BCUT2D eigenvalue weighted by Gasteiger charge is 2.34. The van der Waals surface area contributed by atoms with Crippen molar-refractivity contribution >= 4 is 46.0 Å². The van der Waals surface area contributed by atoms with Gasteiger partial charge in [0.1, 0.15) is 17.8 Å². The third-order valence-corrected chi connectivity index (χ3v) is 6.27.